The van der Waals surface area contributed by atoms with E-state index in [1.54, 1.807) is 0 Å². The number of fused-ring (bicyclic) bond motifs is 2. The Hall–Kier alpha value is -7.62. The van der Waals surface area contributed by atoms with E-state index in [0.717, 1.165) is 72.7 Å². The summed E-state index contributed by atoms with van der Waals surface area (Å²) in [6.45, 7) is 6.28. The smallest absolute Gasteiger partial charge is 0.159 e. The molecule has 0 aliphatic rings. The van der Waals surface area contributed by atoms with Crippen molar-refractivity contribution in [2.75, 3.05) is 0 Å². The second-order valence-electron chi connectivity index (χ2n) is 15.1. The van der Waals surface area contributed by atoms with Gasteiger partial charge in [0.05, 0.1) is 22.4 Å². The molecule has 9 aromatic carbocycles. The van der Waals surface area contributed by atoms with E-state index in [-0.39, 0.29) is 0 Å². The molecule has 3 heteroatoms. The Bertz CT molecular complexity index is 3090. The molecule has 0 atom stereocenters. The molecule has 1 aromatic heterocycles. The predicted octanol–water partition coefficient (Wildman–Crippen LogP) is 15.3. The lowest BCUT2D eigenvalue weighted by Crippen LogP contribution is -2.07. The molecule has 0 N–H and O–H groups in total. The SMILES string of the molecule is CC(=Nc1ccccc1C)c1nc2c(-c3ccccc3-c3ccccc3)c3ccccc3c(-c3ccccc3-c3ccccc3)c2n1-c1ccccc1.Cc1ccccc1. The first-order valence-electron chi connectivity index (χ1n) is 20.5. The van der Waals surface area contributed by atoms with Crippen LogP contribution in [0, 0.1) is 13.8 Å². The molecule has 0 aliphatic heterocycles. The van der Waals surface area contributed by atoms with Gasteiger partial charge in [-0.25, -0.2) is 9.98 Å². The van der Waals surface area contributed by atoms with Crippen molar-refractivity contribution in [3.63, 3.8) is 0 Å². The van der Waals surface area contributed by atoms with Crippen LogP contribution in [0.15, 0.2) is 223 Å². The third kappa shape index (κ3) is 7.45. The lowest BCUT2D eigenvalue weighted by atomic mass is 9.85. The summed E-state index contributed by atoms with van der Waals surface area (Å²) in [4.78, 5) is 10.9. The second kappa shape index (κ2) is 17.1. The second-order valence-corrected chi connectivity index (χ2v) is 15.1. The van der Waals surface area contributed by atoms with Crippen LogP contribution in [0.3, 0.4) is 0 Å². The average Bonchev–Trinajstić information content (AvgIpc) is 3.70. The van der Waals surface area contributed by atoms with Gasteiger partial charge in [0.25, 0.3) is 0 Å². The van der Waals surface area contributed by atoms with Gasteiger partial charge in [0.2, 0.25) is 0 Å². The molecule has 10 aromatic rings. The highest BCUT2D eigenvalue weighted by Gasteiger charge is 2.27. The van der Waals surface area contributed by atoms with Crippen LogP contribution in [0.2, 0.25) is 0 Å². The standard InChI is InChI=1S/C50H37N3.C7H8/c1-34-20-12-19-33-45(34)51-35(2)50-52-48-46(41-29-15-13-27-39(41)36-21-6-3-7-22-36)43-31-17-18-32-44(43)47(49(48)53(50)38-25-10-5-11-26-38)42-30-16-14-28-40(42)37-23-8-4-9-24-37;1-7-5-3-2-4-6-7/h3-33H,1-2H3;2-6H,1H3. The molecule has 288 valence electrons. The summed E-state index contributed by atoms with van der Waals surface area (Å²) < 4.78 is 2.34. The zero-order chi connectivity index (χ0) is 40.8. The first-order chi connectivity index (χ1) is 29.6. The van der Waals surface area contributed by atoms with E-state index in [4.69, 9.17) is 9.98 Å². The van der Waals surface area contributed by atoms with Crippen molar-refractivity contribution < 1.29 is 0 Å². The number of rotatable bonds is 7. The number of aromatic nitrogens is 2. The molecule has 3 nitrogen and oxygen atoms in total. The zero-order valence-corrected chi connectivity index (χ0v) is 34.1. The third-order valence-electron chi connectivity index (χ3n) is 11.1. The Kier molecular flexibility index (Phi) is 10.8. The summed E-state index contributed by atoms with van der Waals surface area (Å²) >= 11 is 0. The molecule has 0 amide bonds. The van der Waals surface area contributed by atoms with Gasteiger partial charge in [0.15, 0.2) is 5.82 Å². The summed E-state index contributed by atoms with van der Waals surface area (Å²) in [5, 5.41) is 2.32. The normalized spacial score (nSPS) is 11.3. The minimum Gasteiger partial charge on any atom is -0.291 e. The molecule has 0 saturated heterocycles. The molecular weight excluding hydrogens is 727 g/mol. The van der Waals surface area contributed by atoms with Crippen LogP contribution in [0.1, 0.15) is 23.9 Å². The van der Waals surface area contributed by atoms with Gasteiger partial charge in [0, 0.05) is 16.8 Å². The van der Waals surface area contributed by atoms with E-state index in [2.05, 4.69) is 219 Å². The largest absolute Gasteiger partial charge is 0.291 e. The number of hydrogen-bond acceptors (Lipinski definition) is 2. The Morgan fingerprint density at radius 3 is 1.40 bits per heavy atom. The summed E-state index contributed by atoms with van der Waals surface area (Å²) in [6, 6.07) is 76.9. The maximum Gasteiger partial charge on any atom is 0.159 e. The molecule has 0 fully saturated rings. The Labute approximate surface area is 352 Å². The van der Waals surface area contributed by atoms with E-state index >= 15 is 0 Å². The van der Waals surface area contributed by atoms with Crippen molar-refractivity contribution in [3.8, 4) is 50.2 Å². The fourth-order valence-corrected chi connectivity index (χ4v) is 8.21. The van der Waals surface area contributed by atoms with Crippen molar-refractivity contribution in [3.05, 3.63) is 235 Å². The number of aryl methyl sites for hydroxylation is 2. The number of benzene rings is 9. The van der Waals surface area contributed by atoms with Gasteiger partial charge in [0.1, 0.15) is 0 Å². The van der Waals surface area contributed by atoms with E-state index in [1.165, 1.54) is 27.6 Å². The van der Waals surface area contributed by atoms with Crippen molar-refractivity contribution in [1.29, 1.82) is 0 Å². The minimum atomic E-state index is 0.807. The first-order valence-corrected chi connectivity index (χ1v) is 20.5. The van der Waals surface area contributed by atoms with E-state index < -0.39 is 0 Å². The number of aliphatic imine (C=N–C) groups is 1. The maximum absolute atomic E-state index is 5.70. The highest BCUT2D eigenvalue weighted by atomic mass is 15.1. The fourth-order valence-electron chi connectivity index (χ4n) is 8.21. The van der Waals surface area contributed by atoms with Gasteiger partial charge in [-0.1, -0.05) is 206 Å². The fraction of sp³-hybridized carbons (Fsp3) is 0.0526. The van der Waals surface area contributed by atoms with E-state index in [9.17, 15) is 0 Å². The van der Waals surface area contributed by atoms with Gasteiger partial charge in [-0.2, -0.15) is 0 Å². The Morgan fingerprint density at radius 1 is 0.433 bits per heavy atom. The molecule has 0 bridgehead atoms. The zero-order valence-electron chi connectivity index (χ0n) is 34.1. The average molecular weight is 772 g/mol. The van der Waals surface area contributed by atoms with Crippen LogP contribution in [-0.4, -0.2) is 15.3 Å². The van der Waals surface area contributed by atoms with Crippen molar-refractivity contribution >= 4 is 33.2 Å². The first kappa shape index (κ1) is 37.9. The maximum atomic E-state index is 5.70. The number of para-hydroxylation sites is 2. The molecule has 0 unspecified atom stereocenters. The molecule has 1 heterocycles. The highest BCUT2D eigenvalue weighted by Crippen LogP contribution is 2.48. The van der Waals surface area contributed by atoms with Crippen LogP contribution < -0.4 is 0 Å². The van der Waals surface area contributed by atoms with Crippen molar-refractivity contribution in [2.45, 2.75) is 20.8 Å². The van der Waals surface area contributed by atoms with Gasteiger partial charge in [-0.05, 0) is 88.7 Å². The van der Waals surface area contributed by atoms with Crippen molar-refractivity contribution in [1.82, 2.24) is 9.55 Å². The Balaban J connectivity index is 0.000000602. The van der Waals surface area contributed by atoms with Crippen LogP contribution in [0.5, 0.6) is 0 Å². The molecular formula is C57H45N3. The van der Waals surface area contributed by atoms with Gasteiger partial charge in [-0.15, -0.1) is 0 Å². The summed E-state index contributed by atoms with van der Waals surface area (Å²) in [5.41, 5.74) is 16.4. The molecule has 0 spiro atoms. The van der Waals surface area contributed by atoms with Gasteiger partial charge >= 0.3 is 0 Å². The lowest BCUT2D eigenvalue weighted by molar-refractivity contribution is 1.06. The Morgan fingerprint density at radius 2 is 0.867 bits per heavy atom. The molecule has 60 heavy (non-hydrogen) atoms. The monoisotopic (exact) mass is 771 g/mol. The molecule has 0 aliphatic carbocycles. The lowest BCUT2D eigenvalue weighted by Gasteiger charge is -2.20. The summed E-state index contributed by atoms with van der Waals surface area (Å²) in [5.74, 6) is 0.807. The minimum absolute atomic E-state index is 0.807. The predicted molar refractivity (Wildman–Crippen MR) is 255 cm³/mol. The van der Waals surface area contributed by atoms with Crippen LogP contribution >= 0.6 is 0 Å². The summed E-state index contributed by atoms with van der Waals surface area (Å²) in [6.07, 6.45) is 0. The van der Waals surface area contributed by atoms with Crippen LogP contribution in [-0.2, 0) is 0 Å². The molecule has 0 saturated carbocycles. The summed E-state index contributed by atoms with van der Waals surface area (Å²) in [7, 11) is 0. The van der Waals surface area contributed by atoms with Gasteiger partial charge < -0.3 is 0 Å². The quantitative estimate of drug-likeness (QED) is 0.148. The number of imidazole rings is 1. The number of hydrogen-bond donors (Lipinski definition) is 0. The topological polar surface area (TPSA) is 30.2 Å². The highest BCUT2D eigenvalue weighted by molar-refractivity contribution is 6.23. The third-order valence-corrected chi connectivity index (χ3v) is 11.1. The van der Waals surface area contributed by atoms with E-state index in [0.29, 0.717) is 0 Å². The van der Waals surface area contributed by atoms with E-state index in [1.807, 2.05) is 24.3 Å². The van der Waals surface area contributed by atoms with Gasteiger partial charge in [-0.3, -0.25) is 4.57 Å². The number of nitrogens with zero attached hydrogens (tertiary/aromatic N) is 3. The molecule has 0 radical (unpaired) electrons. The van der Waals surface area contributed by atoms with Crippen molar-refractivity contribution in [2.24, 2.45) is 4.99 Å². The van der Waals surface area contributed by atoms with Crippen LogP contribution in [0.25, 0.3) is 72.0 Å². The van der Waals surface area contributed by atoms with Crippen LogP contribution in [0.4, 0.5) is 5.69 Å². The molecule has 10 rings (SSSR count).